The molecular formula is C9H12Cl2OSi. The lowest BCUT2D eigenvalue weighted by Crippen LogP contribution is -2.36. The van der Waals surface area contributed by atoms with E-state index < -0.39 is 8.32 Å². The Kier molecular flexibility index (Phi) is 3.65. The lowest BCUT2D eigenvalue weighted by Gasteiger charge is -2.21. The topological polar surface area (TPSA) is 9.23 Å². The van der Waals surface area contributed by atoms with Crippen LogP contribution in [-0.4, -0.2) is 13.8 Å². The fourth-order valence-electron chi connectivity index (χ4n) is 0.849. The zero-order chi connectivity index (χ0) is 9.90. The molecule has 13 heavy (non-hydrogen) atoms. The molecule has 0 aliphatic carbocycles. The van der Waals surface area contributed by atoms with Crippen LogP contribution in [0.3, 0.4) is 0 Å². The van der Waals surface area contributed by atoms with Gasteiger partial charge >= 0.3 is 0 Å². The van der Waals surface area contributed by atoms with Crippen molar-refractivity contribution in [2.45, 2.75) is 13.1 Å². The normalized spacial score (nSPS) is 11.4. The molecule has 1 aromatic carbocycles. The van der Waals surface area contributed by atoms with Crippen LogP contribution in [0.5, 0.6) is 5.75 Å². The first-order valence-electron chi connectivity index (χ1n) is 4.04. The van der Waals surface area contributed by atoms with E-state index >= 15 is 0 Å². The van der Waals surface area contributed by atoms with Crippen molar-refractivity contribution in [2.24, 2.45) is 0 Å². The van der Waals surface area contributed by atoms with Crippen molar-refractivity contribution >= 4 is 31.5 Å². The fraction of sp³-hybridized carbons (Fsp3) is 0.333. The van der Waals surface area contributed by atoms with Gasteiger partial charge in [0.05, 0.1) is 5.50 Å². The van der Waals surface area contributed by atoms with Gasteiger partial charge in [-0.25, -0.2) is 0 Å². The highest BCUT2D eigenvalue weighted by Crippen LogP contribution is 2.19. The first-order valence-corrected chi connectivity index (χ1v) is 8.07. The minimum atomic E-state index is -1.71. The van der Waals surface area contributed by atoms with E-state index in [1.165, 1.54) is 0 Å². The van der Waals surface area contributed by atoms with Crippen LogP contribution >= 0.6 is 23.2 Å². The Morgan fingerprint density at radius 2 is 1.77 bits per heavy atom. The Morgan fingerprint density at radius 3 is 2.23 bits per heavy atom. The molecule has 1 aromatic rings. The lowest BCUT2D eigenvalue weighted by atomic mass is 10.3. The van der Waals surface area contributed by atoms with Crippen LogP contribution in [0.4, 0.5) is 0 Å². The molecular weight excluding hydrogens is 223 g/mol. The second kappa shape index (κ2) is 4.36. The van der Waals surface area contributed by atoms with Crippen molar-refractivity contribution in [3.05, 3.63) is 29.3 Å². The predicted octanol–water partition coefficient (Wildman–Crippen LogP) is 3.70. The molecule has 0 aliphatic heterocycles. The Morgan fingerprint density at radius 1 is 1.23 bits per heavy atom. The Labute approximate surface area is 89.8 Å². The third-order valence-corrected chi connectivity index (χ3v) is 5.14. The second-order valence-corrected chi connectivity index (χ2v) is 8.68. The van der Waals surface area contributed by atoms with Gasteiger partial charge < -0.3 is 4.43 Å². The molecule has 1 rings (SSSR count). The van der Waals surface area contributed by atoms with Gasteiger partial charge in [-0.1, -0.05) is 11.6 Å². The molecule has 0 spiro atoms. The van der Waals surface area contributed by atoms with Crippen LogP contribution in [0, 0.1) is 0 Å². The Hall–Kier alpha value is -0.183. The lowest BCUT2D eigenvalue weighted by molar-refractivity contribution is 0.556. The predicted molar refractivity (Wildman–Crippen MR) is 60.3 cm³/mol. The highest BCUT2D eigenvalue weighted by molar-refractivity contribution is 6.78. The summed E-state index contributed by atoms with van der Waals surface area (Å²) < 4.78 is 5.75. The van der Waals surface area contributed by atoms with Crippen molar-refractivity contribution in [3.8, 4) is 5.75 Å². The maximum atomic E-state index is 5.79. The minimum absolute atomic E-state index is 0.593. The van der Waals surface area contributed by atoms with Gasteiger partial charge in [0.2, 0.25) is 0 Å². The Bertz CT molecular complexity index is 271. The van der Waals surface area contributed by atoms with Gasteiger partial charge in [-0.3, -0.25) is 0 Å². The van der Waals surface area contributed by atoms with Gasteiger partial charge in [-0.2, -0.15) is 0 Å². The van der Waals surface area contributed by atoms with Gasteiger partial charge in [-0.05, 0) is 37.4 Å². The van der Waals surface area contributed by atoms with Crippen molar-refractivity contribution in [1.29, 1.82) is 0 Å². The number of hydrogen-bond acceptors (Lipinski definition) is 1. The first kappa shape index (κ1) is 10.9. The zero-order valence-electron chi connectivity index (χ0n) is 7.68. The van der Waals surface area contributed by atoms with Gasteiger partial charge in [0.15, 0.2) is 0 Å². The monoisotopic (exact) mass is 234 g/mol. The molecule has 0 saturated heterocycles. The van der Waals surface area contributed by atoms with Crippen LogP contribution in [-0.2, 0) is 0 Å². The van der Waals surface area contributed by atoms with E-state index in [9.17, 15) is 0 Å². The van der Waals surface area contributed by atoms with Crippen molar-refractivity contribution in [3.63, 3.8) is 0 Å². The molecule has 4 heteroatoms. The average Bonchev–Trinajstić information content (AvgIpc) is 2.09. The third-order valence-electron chi connectivity index (χ3n) is 1.53. The van der Waals surface area contributed by atoms with Crippen LogP contribution < -0.4 is 4.43 Å². The SMILES string of the molecule is C[Si](C)(CCl)Oc1ccc(Cl)cc1. The first-order chi connectivity index (χ1) is 6.03. The number of benzene rings is 1. The van der Waals surface area contributed by atoms with E-state index in [-0.39, 0.29) is 0 Å². The summed E-state index contributed by atoms with van der Waals surface area (Å²) in [4.78, 5) is 0. The molecule has 0 bridgehead atoms. The molecule has 0 saturated carbocycles. The maximum Gasteiger partial charge on any atom is 0.259 e. The smallest absolute Gasteiger partial charge is 0.259 e. The van der Waals surface area contributed by atoms with E-state index in [4.69, 9.17) is 27.6 Å². The molecule has 0 radical (unpaired) electrons. The summed E-state index contributed by atoms with van der Waals surface area (Å²) in [5.41, 5.74) is 0.593. The summed E-state index contributed by atoms with van der Waals surface area (Å²) >= 11 is 11.5. The highest BCUT2D eigenvalue weighted by atomic mass is 35.5. The standard InChI is InChI=1S/C9H12Cl2OSi/c1-13(2,7-10)12-9-5-3-8(11)4-6-9/h3-6H,7H2,1-2H3. The number of halogens is 2. The molecule has 0 aliphatic rings. The van der Waals surface area contributed by atoms with Gasteiger partial charge in [0, 0.05) is 5.02 Å². The largest absolute Gasteiger partial charge is 0.543 e. The summed E-state index contributed by atoms with van der Waals surface area (Å²) in [6.45, 7) is 4.16. The summed E-state index contributed by atoms with van der Waals surface area (Å²) in [6.07, 6.45) is 0. The Balaban J connectivity index is 2.69. The molecule has 1 nitrogen and oxygen atoms in total. The molecule has 0 atom stereocenters. The number of rotatable bonds is 3. The van der Waals surface area contributed by atoms with Crippen LogP contribution in [0.15, 0.2) is 24.3 Å². The third kappa shape index (κ3) is 3.59. The summed E-state index contributed by atoms with van der Waals surface area (Å²) in [5, 5.41) is 0.720. The van der Waals surface area contributed by atoms with E-state index in [1.54, 1.807) is 0 Å². The van der Waals surface area contributed by atoms with Crippen LogP contribution in [0.25, 0.3) is 0 Å². The quantitative estimate of drug-likeness (QED) is 0.573. The molecule has 0 aromatic heterocycles. The summed E-state index contributed by atoms with van der Waals surface area (Å²) in [6, 6.07) is 7.36. The van der Waals surface area contributed by atoms with Crippen LogP contribution in [0.1, 0.15) is 0 Å². The van der Waals surface area contributed by atoms with E-state index in [0.717, 1.165) is 10.8 Å². The molecule has 0 fully saturated rings. The van der Waals surface area contributed by atoms with Gasteiger partial charge in [0.1, 0.15) is 5.75 Å². The van der Waals surface area contributed by atoms with E-state index in [1.807, 2.05) is 24.3 Å². The van der Waals surface area contributed by atoms with E-state index in [2.05, 4.69) is 13.1 Å². The van der Waals surface area contributed by atoms with Gasteiger partial charge in [0.25, 0.3) is 8.32 Å². The molecule has 72 valence electrons. The molecule has 0 N–H and O–H groups in total. The van der Waals surface area contributed by atoms with E-state index in [0.29, 0.717) is 5.50 Å². The highest BCUT2D eigenvalue weighted by Gasteiger charge is 2.22. The summed E-state index contributed by atoms with van der Waals surface area (Å²) in [7, 11) is -1.71. The van der Waals surface area contributed by atoms with Crippen molar-refractivity contribution < 1.29 is 4.43 Å². The minimum Gasteiger partial charge on any atom is -0.543 e. The number of alkyl halides is 1. The second-order valence-electron chi connectivity index (χ2n) is 3.45. The maximum absolute atomic E-state index is 5.79. The zero-order valence-corrected chi connectivity index (χ0v) is 10.2. The molecule has 0 heterocycles. The summed E-state index contributed by atoms with van der Waals surface area (Å²) in [5.74, 6) is 0.849. The van der Waals surface area contributed by atoms with Crippen molar-refractivity contribution in [1.82, 2.24) is 0 Å². The average molecular weight is 235 g/mol. The van der Waals surface area contributed by atoms with Crippen LogP contribution in [0.2, 0.25) is 18.1 Å². The molecule has 0 unspecified atom stereocenters. The van der Waals surface area contributed by atoms with Crippen molar-refractivity contribution in [2.75, 3.05) is 5.50 Å². The number of hydrogen-bond donors (Lipinski definition) is 0. The van der Waals surface area contributed by atoms with Gasteiger partial charge in [-0.15, -0.1) is 11.6 Å². The molecule has 0 amide bonds. The fourth-order valence-corrected chi connectivity index (χ4v) is 1.97.